The Hall–Kier alpha value is -3.05. The largest absolute Gasteiger partial charge is 0.384 e. The molecule has 1 heterocycles. The molecule has 0 saturated heterocycles. The highest BCUT2D eigenvalue weighted by Crippen LogP contribution is 2.28. The first-order valence-corrected chi connectivity index (χ1v) is 5.51. The van der Waals surface area contributed by atoms with E-state index in [1.54, 1.807) is 18.2 Å². The zero-order valence-corrected chi connectivity index (χ0v) is 10.2. The highest BCUT2D eigenvalue weighted by molar-refractivity contribution is 5.80. The van der Waals surface area contributed by atoms with Crippen LogP contribution in [0.2, 0.25) is 0 Å². The van der Waals surface area contributed by atoms with Crippen molar-refractivity contribution in [1.82, 2.24) is 4.98 Å². The van der Waals surface area contributed by atoms with Crippen molar-refractivity contribution < 1.29 is 0 Å². The van der Waals surface area contributed by atoms with E-state index < -0.39 is 5.56 Å². The maximum atomic E-state index is 11.8. The predicted octanol–water partition coefficient (Wildman–Crippen LogP) is 1.68. The van der Waals surface area contributed by atoms with Gasteiger partial charge in [0.1, 0.15) is 29.1 Å². The monoisotopic (exact) mass is 250 g/mol. The molecule has 0 saturated carbocycles. The molecular weight excluding hydrogens is 240 g/mol. The van der Waals surface area contributed by atoms with Gasteiger partial charge in [0, 0.05) is 5.56 Å². The summed E-state index contributed by atoms with van der Waals surface area (Å²) in [6.45, 7) is 1.89. The van der Waals surface area contributed by atoms with Gasteiger partial charge in [0.15, 0.2) is 0 Å². The van der Waals surface area contributed by atoms with Crippen molar-refractivity contribution in [2.75, 3.05) is 5.73 Å². The first kappa shape index (κ1) is 12.4. The molecule has 0 aliphatic carbocycles. The Morgan fingerprint density at radius 1 is 1.21 bits per heavy atom. The van der Waals surface area contributed by atoms with Crippen LogP contribution < -0.4 is 11.3 Å². The molecule has 0 amide bonds. The summed E-state index contributed by atoms with van der Waals surface area (Å²) in [5.74, 6) is -0.0250. The second-order valence-corrected chi connectivity index (χ2v) is 4.09. The number of rotatable bonds is 1. The zero-order chi connectivity index (χ0) is 14.0. The van der Waals surface area contributed by atoms with Crippen molar-refractivity contribution in [1.29, 1.82) is 10.5 Å². The first-order chi connectivity index (χ1) is 9.08. The molecule has 0 bridgehead atoms. The Morgan fingerprint density at radius 3 is 2.47 bits per heavy atom. The number of nitrogen functional groups attached to an aromatic ring is 1. The Bertz CT molecular complexity index is 791. The van der Waals surface area contributed by atoms with Crippen LogP contribution in [0.4, 0.5) is 5.82 Å². The second kappa shape index (κ2) is 4.67. The number of nitrogens with two attached hydrogens (primary N) is 1. The van der Waals surface area contributed by atoms with E-state index in [2.05, 4.69) is 4.98 Å². The Balaban J connectivity index is 2.94. The molecule has 92 valence electrons. The summed E-state index contributed by atoms with van der Waals surface area (Å²) in [6.07, 6.45) is 0. The fourth-order valence-corrected chi connectivity index (χ4v) is 1.93. The third-order valence-electron chi connectivity index (χ3n) is 2.77. The molecule has 2 rings (SSSR count). The summed E-state index contributed by atoms with van der Waals surface area (Å²) in [7, 11) is 0. The van der Waals surface area contributed by atoms with E-state index in [9.17, 15) is 10.1 Å². The molecule has 0 spiro atoms. The van der Waals surface area contributed by atoms with Crippen molar-refractivity contribution in [2.45, 2.75) is 6.92 Å². The van der Waals surface area contributed by atoms with Crippen molar-refractivity contribution in [3.63, 3.8) is 0 Å². The van der Waals surface area contributed by atoms with Crippen LogP contribution in [-0.4, -0.2) is 4.98 Å². The number of hydrogen-bond donors (Lipinski definition) is 2. The molecule has 3 N–H and O–H groups in total. The molecule has 5 nitrogen and oxygen atoms in total. The number of nitrogens with one attached hydrogen (secondary N) is 1. The lowest BCUT2D eigenvalue weighted by atomic mass is 9.95. The molecule has 0 fully saturated rings. The normalized spacial score (nSPS) is 9.63. The van der Waals surface area contributed by atoms with Crippen LogP contribution >= 0.6 is 0 Å². The summed E-state index contributed by atoms with van der Waals surface area (Å²) < 4.78 is 0. The molecule has 0 unspecified atom stereocenters. The van der Waals surface area contributed by atoms with Crippen LogP contribution in [-0.2, 0) is 0 Å². The highest BCUT2D eigenvalue weighted by atomic mass is 16.1. The van der Waals surface area contributed by atoms with Crippen LogP contribution in [0.3, 0.4) is 0 Å². The molecule has 19 heavy (non-hydrogen) atoms. The standard InChI is InChI=1S/C14H10N4O/c1-8-3-2-4-9(5-8)12-10(6-15)13(17)18-14(19)11(12)7-16/h2-5H,1H3,(H3,17,18,19). The minimum atomic E-state index is -0.587. The van der Waals surface area contributed by atoms with Gasteiger partial charge in [0.25, 0.3) is 5.56 Å². The maximum Gasteiger partial charge on any atom is 0.268 e. The SMILES string of the molecule is Cc1cccc(-c2c(C#N)c(N)[nH]c(=O)c2C#N)c1. The van der Waals surface area contributed by atoms with Crippen LogP contribution in [0.25, 0.3) is 11.1 Å². The number of benzene rings is 1. The van der Waals surface area contributed by atoms with Crippen LogP contribution in [0.5, 0.6) is 0 Å². The van der Waals surface area contributed by atoms with Gasteiger partial charge in [-0.25, -0.2) is 0 Å². The van der Waals surface area contributed by atoms with Gasteiger partial charge in [-0.1, -0.05) is 29.8 Å². The average Bonchev–Trinajstić information content (AvgIpc) is 2.38. The molecule has 0 aliphatic heterocycles. The highest BCUT2D eigenvalue weighted by Gasteiger charge is 2.17. The average molecular weight is 250 g/mol. The van der Waals surface area contributed by atoms with Gasteiger partial charge in [-0.05, 0) is 12.5 Å². The quantitative estimate of drug-likeness (QED) is 0.802. The summed E-state index contributed by atoms with van der Waals surface area (Å²) >= 11 is 0. The van der Waals surface area contributed by atoms with Gasteiger partial charge in [0.05, 0.1) is 0 Å². The molecule has 0 atom stereocenters. The smallest absolute Gasteiger partial charge is 0.268 e. The number of nitrogens with zero attached hydrogens (tertiary/aromatic N) is 2. The number of pyridine rings is 1. The maximum absolute atomic E-state index is 11.8. The number of aromatic nitrogens is 1. The van der Waals surface area contributed by atoms with Gasteiger partial charge in [-0.2, -0.15) is 10.5 Å². The molecule has 1 aromatic heterocycles. The van der Waals surface area contributed by atoms with E-state index >= 15 is 0 Å². The number of nitriles is 2. The van der Waals surface area contributed by atoms with Gasteiger partial charge in [-0.3, -0.25) is 4.79 Å². The number of hydrogen-bond acceptors (Lipinski definition) is 4. The lowest BCUT2D eigenvalue weighted by molar-refractivity contribution is 1.21. The van der Waals surface area contributed by atoms with E-state index in [4.69, 9.17) is 11.0 Å². The van der Waals surface area contributed by atoms with Crippen LogP contribution in [0.15, 0.2) is 29.1 Å². The van der Waals surface area contributed by atoms with Gasteiger partial charge < -0.3 is 10.7 Å². The van der Waals surface area contributed by atoms with Gasteiger partial charge in [0.2, 0.25) is 0 Å². The first-order valence-electron chi connectivity index (χ1n) is 5.51. The topological polar surface area (TPSA) is 106 Å². The third-order valence-corrected chi connectivity index (χ3v) is 2.77. The van der Waals surface area contributed by atoms with Gasteiger partial charge in [-0.15, -0.1) is 0 Å². The van der Waals surface area contributed by atoms with Gasteiger partial charge >= 0.3 is 0 Å². The Morgan fingerprint density at radius 2 is 1.89 bits per heavy atom. The molecular formula is C14H10N4O. The molecule has 1 aromatic carbocycles. The Kier molecular flexibility index (Phi) is 3.05. The number of H-pyrrole nitrogens is 1. The summed E-state index contributed by atoms with van der Waals surface area (Å²) in [4.78, 5) is 14.1. The van der Waals surface area contributed by atoms with E-state index in [1.807, 2.05) is 25.1 Å². The molecule has 0 aliphatic rings. The van der Waals surface area contributed by atoms with E-state index in [0.717, 1.165) is 5.56 Å². The lowest BCUT2D eigenvalue weighted by Crippen LogP contribution is -2.16. The predicted molar refractivity (Wildman–Crippen MR) is 71.1 cm³/mol. The zero-order valence-electron chi connectivity index (χ0n) is 10.2. The van der Waals surface area contributed by atoms with E-state index in [1.165, 1.54) is 0 Å². The van der Waals surface area contributed by atoms with Crippen molar-refractivity contribution >= 4 is 5.82 Å². The number of aryl methyl sites for hydroxylation is 1. The third kappa shape index (κ3) is 2.05. The van der Waals surface area contributed by atoms with Crippen LogP contribution in [0.1, 0.15) is 16.7 Å². The van der Waals surface area contributed by atoms with Crippen molar-refractivity contribution in [3.8, 4) is 23.3 Å². The molecule has 5 heteroatoms. The van der Waals surface area contributed by atoms with Crippen molar-refractivity contribution in [3.05, 3.63) is 51.3 Å². The minimum absolute atomic E-state index is 0.0250. The van der Waals surface area contributed by atoms with Crippen LogP contribution in [0, 0.1) is 29.6 Å². The number of anilines is 1. The van der Waals surface area contributed by atoms with E-state index in [-0.39, 0.29) is 22.5 Å². The molecule has 2 aromatic rings. The summed E-state index contributed by atoms with van der Waals surface area (Å²) in [5.41, 5.74) is 6.95. The summed E-state index contributed by atoms with van der Waals surface area (Å²) in [5, 5.41) is 18.3. The lowest BCUT2D eigenvalue weighted by Gasteiger charge is -2.09. The Labute approximate surface area is 109 Å². The van der Waals surface area contributed by atoms with Crippen molar-refractivity contribution in [2.24, 2.45) is 0 Å². The fraction of sp³-hybridized carbons (Fsp3) is 0.0714. The fourth-order valence-electron chi connectivity index (χ4n) is 1.93. The summed E-state index contributed by atoms with van der Waals surface area (Å²) in [6, 6.07) is 11.0. The minimum Gasteiger partial charge on any atom is -0.384 e. The molecule has 0 radical (unpaired) electrons. The van der Waals surface area contributed by atoms with E-state index in [0.29, 0.717) is 5.56 Å². The number of aromatic amines is 1. The second-order valence-electron chi connectivity index (χ2n) is 4.09.